The lowest BCUT2D eigenvalue weighted by Crippen LogP contribution is -2.22. The number of rotatable bonds is 16. The Hall–Kier alpha value is -0.920. The molecule has 0 heterocycles. The molecular weight excluding hydrogens is 355 g/mol. The van der Waals surface area contributed by atoms with Gasteiger partial charge in [-0.15, -0.1) is 0 Å². The summed E-state index contributed by atoms with van der Waals surface area (Å²) in [5, 5.41) is 0. The molecular formula is C23H39O3P. The third-order valence-electron chi connectivity index (χ3n) is 5.00. The maximum atomic E-state index is 11.7. The van der Waals surface area contributed by atoms with E-state index in [0.29, 0.717) is 5.75 Å². The molecule has 27 heavy (non-hydrogen) atoms. The van der Waals surface area contributed by atoms with Gasteiger partial charge < -0.3 is 9.26 Å². The van der Waals surface area contributed by atoms with Crippen LogP contribution >= 0.6 is 9.47 Å². The van der Waals surface area contributed by atoms with Crippen LogP contribution < -0.4 is 4.74 Å². The zero-order valence-corrected chi connectivity index (χ0v) is 18.5. The lowest BCUT2D eigenvalue weighted by Gasteiger charge is -2.09. The minimum atomic E-state index is -0.573. The predicted octanol–water partition coefficient (Wildman–Crippen LogP) is 7.03. The molecule has 0 aliphatic rings. The summed E-state index contributed by atoms with van der Waals surface area (Å²) in [6.07, 6.45) is 17.0. The van der Waals surface area contributed by atoms with Crippen molar-refractivity contribution in [3.05, 3.63) is 29.8 Å². The van der Waals surface area contributed by atoms with E-state index in [0.717, 1.165) is 6.42 Å². The molecule has 2 atom stereocenters. The molecule has 2 unspecified atom stereocenters. The van der Waals surface area contributed by atoms with Crippen LogP contribution in [0.25, 0.3) is 0 Å². The summed E-state index contributed by atoms with van der Waals surface area (Å²) in [4.78, 5) is 11.7. The molecule has 1 aromatic carbocycles. The third kappa shape index (κ3) is 12.2. The van der Waals surface area contributed by atoms with Crippen molar-refractivity contribution in [3.8, 4) is 5.75 Å². The summed E-state index contributed by atoms with van der Waals surface area (Å²) in [5.74, 6) is 0.200. The van der Waals surface area contributed by atoms with Gasteiger partial charge in [-0.25, -0.2) is 4.79 Å². The minimum absolute atomic E-state index is 0.376. The molecule has 3 nitrogen and oxygen atoms in total. The van der Waals surface area contributed by atoms with Crippen LogP contribution in [0.4, 0.5) is 0 Å². The number of hydrogen-bond acceptors (Lipinski definition) is 3. The lowest BCUT2D eigenvalue weighted by atomic mass is 10.0. The van der Waals surface area contributed by atoms with E-state index in [4.69, 9.17) is 9.26 Å². The van der Waals surface area contributed by atoms with Gasteiger partial charge >= 0.3 is 5.97 Å². The smallest absolute Gasteiger partial charge is 0.340 e. The summed E-state index contributed by atoms with van der Waals surface area (Å²) in [6, 6.07) is 7.83. The van der Waals surface area contributed by atoms with Gasteiger partial charge in [0.05, 0.1) is 0 Å². The van der Waals surface area contributed by atoms with Crippen LogP contribution in [0.1, 0.15) is 96.5 Å². The van der Waals surface area contributed by atoms with Gasteiger partial charge in [-0.3, -0.25) is 0 Å². The Morgan fingerprint density at radius 1 is 0.852 bits per heavy atom. The van der Waals surface area contributed by atoms with Crippen LogP contribution in [0, 0.1) is 0 Å². The second-order valence-electron chi connectivity index (χ2n) is 7.48. The Balaban J connectivity index is 2.01. The molecule has 0 radical (unpaired) electrons. The van der Waals surface area contributed by atoms with E-state index < -0.39 is 6.10 Å². The topological polar surface area (TPSA) is 35.5 Å². The Bertz CT molecular complexity index is 487. The van der Waals surface area contributed by atoms with Crippen molar-refractivity contribution in [2.75, 3.05) is 0 Å². The van der Waals surface area contributed by atoms with Crippen LogP contribution in [0.3, 0.4) is 0 Å². The Morgan fingerprint density at radius 2 is 1.33 bits per heavy atom. The van der Waals surface area contributed by atoms with Gasteiger partial charge in [-0.05, 0) is 37.5 Å². The molecule has 0 aromatic heterocycles. The van der Waals surface area contributed by atoms with E-state index in [1.54, 1.807) is 6.92 Å². The molecule has 1 rings (SSSR count). The van der Waals surface area contributed by atoms with E-state index in [9.17, 15) is 4.79 Å². The van der Waals surface area contributed by atoms with Crippen LogP contribution in [0.2, 0.25) is 0 Å². The normalized spacial score (nSPS) is 12.1. The first-order valence-corrected chi connectivity index (χ1v) is 11.3. The molecule has 0 aliphatic carbocycles. The summed E-state index contributed by atoms with van der Waals surface area (Å²) in [5.41, 5.74) is 1.30. The number of ether oxygens (including phenoxy) is 1. The van der Waals surface area contributed by atoms with Crippen molar-refractivity contribution in [2.45, 2.75) is 103 Å². The van der Waals surface area contributed by atoms with Gasteiger partial charge in [0.15, 0.2) is 6.10 Å². The zero-order valence-electron chi connectivity index (χ0n) is 17.4. The van der Waals surface area contributed by atoms with Gasteiger partial charge in [0, 0.05) is 9.47 Å². The SMILES string of the molecule is CCCCCCCCCCCCCCc1ccc(OC(=O)C(C)OP)cc1. The largest absolute Gasteiger partial charge is 0.425 e. The van der Waals surface area contributed by atoms with Crippen molar-refractivity contribution >= 4 is 15.4 Å². The van der Waals surface area contributed by atoms with Crippen molar-refractivity contribution in [1.29, 1.82) is 0 Å². The van der Waals surface area contributed by atoms with E-state index in [1.807, 2.05) is 24.3 Å². The average Bonchev–Trinajstić information content (AvgIpc) is 2.69. The monoisotopic (exact) mass is 394 g/mol. The fraction of sp³-hybridized carbons (Fsp3) is 0.696. The molecule has 0 saturated heterocycles. The molecule has 0 bridgehead atoms. The highest BCUT2D eigenvalue weighted by Crippen LogP contribution is 2.17. The lowest BCUT2D eigenvalue weighted by molar-refractivity contribution is -0.140. The first-order valence-electron chi connectivity index (χ1n) is 10.8. The zero-order chi connectivity index (χ0) is 19.7. The Morgan fingerprint density at radius 3 is 1.81 bits per heavy atom. The maximum absolute atomic E-state index is 11.7. The molecule has 0 amide bonds. The fourth-order valence-corrected chi connectivity index (χ4v) is 3.26. The Labute approximate surface area is 168 Å². The van der Waals surface area contributed by atoms with Crippen molar-refractivity contribution in [1.82, 2.24) is 0 Å². The summed E-state index contributed by atoms with van der Waals surface area (Å²) in [6.45, 7) is 3.94. The highest BCUT2D eigenvalue weighted by Gasteiger charge is 2.14. The van der Waals surface area contributed by atoms with Crippen molar-refractivity contribution in [3.63, 3.8) is 0 Å². The first-order chi connectivity index (χ1) is 13.2. The van der Waals surface area contributed by atoms with Gasteiger partial charge in [0.1, 0.15) is 5.75 Å². The van der Waals surface area contributed by atoms with E-state index >= 15 is 0 Å². The molecule has 0 N–H and O–H groups in total. The minimum Gasteiger partial charge on any atom is -0.425 e. The molecule has 1 aromatic rings. The number of aryl methyl sites for hydroxylation is 1. The van der Waals surface area contributed by atoms with Crippen LogP contribution in [0.5, 0.6) is 5.75 Å². The highest BCUT2D eigenvalue weighted by atomic mass is 31.0. The van der Waals surface area contributed by atoms with Crippen LogP contribution in [-0.2, 0) is 15.7 Å². The van der Waals surface area contributed by atoms with Crippen LogP contribution in [-0.4, -0.2) is 12.1 Å². The molecule has 0 saturated carbocycles. The predicted molar refractivity (Wildman–Crippen MR) is 117 cm³/mol. The molecule has 4 heteroatoms. The standard InChI is InChI=1S/C23H39O3P/c1-3-4-5-6-7-8-9-10-11-12-13-14-15-21-16-18-22(19-17-21)25-23(24)20(2)26-27/h16-20H,3-15,27H2,1-2H3. The van der Waals surface area contributed by atoms with Gasteiger partial charge in [0.2, 0.25) is 0 Å². The van der Waals surface area contributed by atoms with Gasteiger partial charge in [-0.1, -0.05) is 89.7 Å². The quantitative estimate of drug-likeness (QED) is 0.131. The van der Waals surface area contributed by atoms with Gasteiger partial charge in [-0.2, -0.15) is 0 Å². The molecule has 0 fully saturated rings. The van der Waals surface area contributed by atoms with Crippen LogP contribution in [0.15, 0.2) is 24.3 Å². The third-order valence-corrected chi connectivity index (χ3v) is 5.41. The summed E-state index contributed by atoms with van der Waals surface area (Å²) in [7, 11) is 2.08. The number of benzene rings is 1. The number of hydrogen-bond donors (Lipinski definition) is 0. The maximum Gasteiger partial charge on any atom is 0.340 e. The molecule has 154 valence electrons. The van der Waals surface area contributed by atoms with E-state index in [1.165, 1.54) is 82.6 Å². The average molecular weight is 395 g/mol. The number of carbonyl (C=O) groups is 1. The molecule has 0 aliphatic heterocycles. The van der Waals surface area contributed by atoms with E-state index in [2.05, 4.69) is 16.4 Å². The number of esters is 1. The molecule has 0 spiro atoms. The van der Waals surface area contributed by atoms with E-state index in [-0.39, 0.29) is 5.97 Å². The van der Waals surface area contributed by atoms with Crippen molar-refractivity contribution < 1.29 is 14.1 Å². The number of carbonyl (C=O) groups excluding carboxylic acids is 1. The first kappa shape index (κ1) is 24.1. The van der Waals surface area contributed by atoms with Crippen molar-refractivity contribution in [2.24, 2.45) is 0 Å². The second kappa shape index (κ2) is 16.1. The number of unbranched alkanes of at least 4 members (excludes halogenated alkanes) is 11. The fourth-order valence-electron chi connectivity index (χ4n) is 3.15. The Kier molecular flexibility index (Phi) is 14.4. The van der Waals surface area contributed by atoms with Gasteiger partial charge in [0.25, 0.3) is 0 Å². The summed E-state index contributed by atoms with van der Waals surface area (Å²) >= 11 is 0. The highest BCUT2D eigenvalue weighted by molar-refractivity contribution is 7.09. The summed E-state index contributed by atoms with van der Waals surface area (Å²) < 4.78 is 10.1. The second-order valence-corrected chi connectivity index (χ2v) is 7.75.